The van der Waals surface area contributed by atoms with Crippen molar-refractivity contribution in [1.29, 1.82) is 0 Å². The molecule has 7 heteroatoms. The Morgan fingerprint density at radius 3 is 2.61 bits per heavy atom. The van der Waals surface area contributed by atoms with Crippen molar-refractivity contribution in [1.82, 2.24) is 4.72 Å². The van der Waals surface area contributed by atoms with Gasteiger partial charge in [0.05, 0.1) is 10.8 Å². The van der Waals surface area contributed by atoms with Crippen LogP contribution in [0.2, 0.25) is 0 Å². The number of carboxylic acids is 1. The van der Waals surface area contributed by atoms with Crippen LogP contribution in [0.3, 0.4) is 0 Å². The average Bonchev–Trinajstić information content (AvgIpc) is 2.70. The summed E-state index contributed by atoms with van der Waals surface area (Å²) in [5.41, 5.74) is 0.501. The highest BCUT2D eigenvalue weighted by molar-refractivity contribution is 7.89. The van der Waals surface area contributed by atoms with Crippen molar-refractivity contribution in [3.63, 3.8) is 0 Å². The van der Waals surface area contributed by atoms with Crippen LogP contribution in [-0.4, -0.2) is 31.6 Å². The summed E-state index contributed by atoms with van der Waals surface area (Å²) in [6, 6.07) is 4.72. The summed E-state index contributed by atoms with van der Waals surface area (Å²) >= 11 is 0. The molecule has 2 N–H and O–H groups in total. The Morgan fingerprint density at radius 1 is 1.39 bits per heavy atom. The second kappa shape index (κ2) is 6.13. The number of carbonyl (C=O) groups is 1. The summed E-state index contributed by atoms with van der Waals surface area (Å²) in [5.74, 6) is -1.24. The summed E-state index contributed by atoms with van der Waals surface area (Å²) in [5, 5.41) is 9.14. The van der Waals surface area contributed by atoms with Gasteiger partial charge in [0, 0.05) is 13.0 Å². The fourth-order valence-corrected chi connectivity index (χ4v) is 3.75. The molecule has 1 aromatic carbocycles. The number of carboxylic acid groups (broad SMARTS) is 1. The fourth-order valence-electron chi connectivity index (χ4n) is 2.64. The van der Waals surface area contributed by atoms with Gasteiger partial charge >= 0.3 is 5.97 Å². The van der Waals surface area contributed by atoms with E-state index in [0.29, 0.717) is 12.2 Å². The number of benzene rings is 1. The average molecular weight is 341 g/mol. The summed E-state index contributed by atoms with van der Waals surface area (Å²) in [4.78, 5) is 11.3. The molecule has 1 heterocycles. The van der Waals surface area contributed by atoms with Gasteiger partial charge in [0.2, 0.25) is 10.0 Å². The zero-order chi connectivity index (χ0) is 17.4. The number of hydrogen-bond donors (Lipinski definition) is 2. The molecule has 0 radical (unpaired) electrons. The number of fused-ring (bicyclic) bond motifs is 1. The van der Waals surface area contributed by atoms with Crippen molar-refractivity contribution in [3.8, 4) is 5.75 Å². The van der Waals surface area contributed by atoms with E-state index in [0.717, 1.165) is 5.56 Å². The summed E-state index contributed by atoms with van der Waals surface area (Å²) in [6.45, 7) is 7.26. The van der Waals surface area contributed by atoms with Gasteiger partial charge in [0.15, 0.2) is 0 Å². The third-order valence-electron chi connectivity index (χ3n) is 3.96. The molecule has 1 aliphatic rings. The number of ether oxygens (including phenoxy) is 1. The molecule has 0 spiro atoms. The van der Waals surface area contributed by atoms with Crippen LogP contribution in [0, 0.1) is 11.8 Å². The van der Waals surface area contributed by atoms with Gasteiger partial charge < -0.3 is 9.84 Å². The molecule has 128 valence electrons. The first-order chi connectivity index (χ1) is 10.5. The molecule has 1 aliphatic heterocycles. The Hall–Kier alpha value is -1.60. The van der Waals surface area contributed by atoms with Gasteiger partial charge in [-0.25, -0.2) is 13.1 Å². The molecule has 0 saturated heterocycles. The minimum Gasteiger partial charge on any atom is -0.487 e. The van der Waals surface area contributed by atoms with Crippen molar-refractivity contribution in [2.45, 2.75) is 44.6 Å². The predicted molar refractivity (Wildman–Crippen MR) is 86.0 cm³/mol. The van der Waals surface area contributed by atoms with Gasteiger partial charge in [0.25, 0.3) is 0 Å². The number of hydrogen-bond acceptors (Lipinski definition) is 4. The molecule has 1 unspecified atom stereocenters. The van der Waals surface area contributed by atoms with Crippen LogP contribution in [0.15, 0.2) is 23.1 Å². The fraction of sp³-hybridized carbons (Fsp3) is 0.562. The largest absolute Gasteiger partial charge is 0.487 e. The van der Waals surface area contributed by atoms with E-state index < -0.39 is 21.9 Å². The van der Waals surface area contributed by atoms with Gasteiger partial charge in [-0.1, -0.05) is 13.8 Å². The van der Waals surface area contributed by atoms with Gasteiger partial charge in [-0.3, -0.25) is 4.79 Å². The molecule has 1 aromatic rings. The van der Waals surface area contributed by atoms with Gasteiger partial charge in [0.1, 0.15) is 11.4 Å². The van der Waals surface area contributed by atoms with Crippen LogP contribution in [-0.2, 0) is 21.2 Å². The van der Waals surface area contributed by atoms with Crippen LogP contribution in [0.4, 0.5) is 0 Å². The van der Waals surface area contributed by atoms with Crippen molar-refractivity contribution in [2.24, 2.45) is 11.8 Å². The lowest BCUT2D eigenvalue weighted by molar-refractivity contribution is -0.142. The number of nitrogens with one attached hydrogen (secondary N) is 1. The second-order valence-electron chi connectivity index (χ2n) is 6.85. The van der Waals surface area contributed by atoms with Crippen LogP contribution in [0.1, 0.15) is 33.3 Å². The first-order valence-corrected chi connectivity index (χ1v) is 9.04. The Bertz CT molecular complexity index is 709. The highest BCUT2D eigenvalue weighted by Gasteiger charge is 2.31. The van der Waals surface area contributed by atoms with E-state index in [1.54, 1.807) is 26.0 Å². The first-order valence-electron chi connectivity index (χ1n) is 7.56. The van der Waals surface area contributed by atoms with Crippen molar-refractivity contribution >= 4 is 16.0 Å². The zero-order valence-corrected chi connectivity index (χ0v) is 14.6. The lowest BCUT2D eigenvalue weighted by Gasteiger charge is -2.17. The molecule has 0 aliphatic carbocycles. The molecule has 0 fully saturated rings. The molecule has 0 bridgehead atoms. The molecule has 0 amide bonds. The Labute approximate surface area is 136 Å². The van der Waals surface area contributed by atoms with Crippen LogP contribution < -0.4 is 9.46 Å². The first kappa shape index (κ1) is 17.7. The van der Waals surface area contributed by atoms with E-state index >= 15 is 0 Å². The summed E-state index contributed by atoms with van der Waals surface area (Å²) < 4.78 is 32.9. The monoisotopic (exact) mass is 341 g/mol. The third kappa shape index (κ3) is 4.03. The normalized spacial score (nSPS) is 17.6. The maximum absolute atomic E-state index is 12.4. The summed E-state index contributed by atoms with van der Waals surface area (Å²) in [7, 11) is -3.75. The summed E-state index contributed by atoms with van der Waals surface area (Å²) in [6.07, 6.45) is 0.634. The lowest BCUT2D eigenvalue weighted by atomic mass is 9.97. The predicted octanol–water partition coefficient (Wildman–Crippen LogP) is 2.04. The van der Waals surface area contributed by atoms with Crippen molar-refractivity contribution in [2.75, 3.05) is 6.54 Å². The minimum absolute atomic E-state index is 0.130. The van der Waals surface area contributed by atoms with E-state index in [2.05, 4.69) is 4.72 Å². The molecule has 0 saturated carbocycles. The number of sulfonamides is 1. The second-order valence-corrected chi connectivity index (χ2v) is 8.62. The van der Waals surface area contributed by atoms with Gasteiger partial charge in [-0.05, 0) is 43.5 Å². The third-order valence-corrected chi connectivity index (χ3v) is 5.38. The molecule has 6 nitrogen and oxygen atoms in total. The molecule has 2 rings (SSSR count). The molecule has 23 heavy (non-hydrogen) atoms. The molecular formula is C16H23NO5S. The Balaban J connectivity index is 2.17. The van der Waals surface area contributed by atoms with Crippen LogP contribution in [0.5, 0.6) is 5.75 Å². The maximum atomic E-state index is 12.4. The maximum Gasteiger partial charge on any atom is 0.308 e. The highest BCUT2D eigenvalue weighted by Crippen LogP contribution is 2.35. The number of rotatable bonds is 6. The molecule has 0 aromatic heterocycles. The Kier molecular flexibility index (Phi) is 4.73. The van der Waals surface area contributed by atoms with E-state index in [-0.39, 0.29) is 23.0 Å². The standard InChI is InChI=1S/C16H23NO5S/c1-10(2)13(15(18)19)9-17-23(20,21)12-5-6-14-11(7-12)8-16(3,4)22-14/h5-7,10,13,17H,8-9H2,1-4H3,(H,18,19). The topological polar surface area (TPSA) is 92.7 Å². The van der Waals surface area contributed by atoms with E-state index in [1.165, 1.54) is 6.07 Å². The van der Waals surface area contributed by atoms with Crippen molar-refractivity contribution < 1.29 is 23.1 Å². The van der Waals surface area contributed by atoms with E-state index in [4.69, 9.17) is 9.84 Å². The smallest absolute Gasteiger partial charge is 0.308 e. The zero-order valence-electron chi connectivity index (χ0n) is 13.8. The molecular weight excluding hydrogens is 318 g/mol. The molecule has 1 atom stereocenters. The highest BCUT2D eigenvalue weighted by atomic mass is 32.2. The lowest BCUT2D eigenvalue weighted by Crippen LogP contribution is -2.35. The number of aliphatic carboxylic acids is 1. The van der Waals surface area contributed by atoms with E-state index in [9.17, 15) is 13.2 Å². The van der Waals surface area contributed by atoms with Gasteiger partial charge in [-0.15, -0.1) is 0 Å². The van der Waals surface area contributed by atoms with Crippen LogP contribution >= 0.6 is 0 Å². The van der Waals surface area contributed by atoms with Crippen molar-refractivity contribution in [3.05, 3.63) is 23.8 Å². The minimum atomic E-state index is -3.75. The van der Waals surface area contributed by atoms with Crippen LogP contribution in [0.25, 0.3) is 0 Å². The van der Waals surface area contributed by atoms with E-state index in [1.807, 2.05) is 13.8 Å². The van der Waals surface area contributed by atoms with Gasteiger partial charge in [-0.2, -0.15) is 0 Å². The quantitative estimate of drug-likeness (QED) is 0.826. The Morgan fingerprint density at radius 2 is 2.04 bits per heavy atom. The SMILES string of the molecule is CC(C)C(CNS(=O)(=O)c1ccc2c(c1)CC(C)(C)O2)C(=O)O.